The van der Waals surface area contributed by atoms with Gasteiger partial charge in [0.05, 0.1) is 12.5 Å². The number of likely N-dealkylation sites (tertiary alicyclic amines) is 1. The van der Waals surface area contributed by atoms with Gasteiger partial charge in [-0.1, -0.05) is 42.5 Å². The Kier molecular flexibility index (Phi) is 6.44. The lowest BCUT2D eigenvalue weighted by Crippen LogP contribution is -2.45. The molecule has 0 unspecified atom stereocenters. The van der Waals surface area contributed by atoms with E-state index in [9.17, 15) is 9.59 Å². The van der Waals surface area contributed by atoms with Crippen LogP contribution >= 0.6 is 0 Å². The number of ether oxygens (including phenoxy) is 1. The molecule has 1 atom stereocenters. The number of carbonyl (C=O) groups excluding carboxylic acids is 2. The molecule has 8 heteroatoms. The van der Waals surface area contributed by atoms with Crippen molar-refractivity contribution in [2.24, 2.45) is 5.41 Å². The zero-order chi connectivity index (χ0) is 23.4. The summed E-state index contributed by atoms with van der Waals surface area (Å²) in [6, 6.07) is 16.1. The van der Waals surface area contributed by atoms with Gasteiger partial charge in [-0.3, -0.25) is 9.59 Å². The predicted molar refractivity (Wildman–Crippen MR) is 124 cm³/mol. The molecule has 4 rings (SSSR count). The van der Waals surface area contributed by atoms with E-state index in [-0.39, 0.29) is 18.4 Å². The molecule has 1 aliphatic rings. The maximum absolute atomic E-state index is 13.3. The minimum atomic E-state index is -0.645. The number of carbonyl (C=O) groups is 2. The highest BCUT2D eigenvalue weighted by Crippen LogP contribution is 2.37. The molecule has 1 fully saturated rings. The molecule has 8 nitrogen and oxygen atoms in total. The van der Waals surface area contributed by atoms with Gasteiger partial charge in [-0.15, -0.1) is 0 Å². The van der Waals surface area contributed by atoms with E-state index in [1.807, 2.05) is 24.3 Å². The molecule has 1 saturated heterocycles. The summed E-state index contributed by atoms with van der Waals surface area (Å²) in [6.07, 6.45) is 4.13. The van der Waals surface area contributed by atoms with Crippen LogP contribution < -0.4 is 4.74 Å². The van der Waals surface area contributed by atoms with Gasteiger partial charge < -0.3 is 14.5 Å². The highest BCUT2D eigenvalue weighted by Gasteiger charge is 2.46. The van der Waals surface area contributed by atoms with Crippen LogP contribution in [-0.2, 0) is 22.6 Å². The maximum atomic E-state index is 13.3. The second-order valence-corrected chi connectivity index (χ2v) is 8.71. The molecule has 0 aliphatic carbocycles. The first kappa shape index (κ1) is 22.5. The average molecular weight is 448 g/mol. The number of hydrogen-bond donors (Lipinski definition) is 0. The average Bonchev–Trinajstić information content (AvgIpc) is 3.50. The smallest absolute Gasteiger partial charge is 0.244 e. The first-order chi connectivity index (χ1) is 15.9. The number of benzene rings is 2. The van der Waals surface area contributed by atoms with Gasteiger partial charge in [-0.2, -0.15) is 5.10 Å². The highest BCUT2D eigenvalue weighted by molar-refractivity contribution is 5.85. The molecule has 2 heterocycles. The van der Waals surface area contributed by atoms with Crippen molar-refractivity contribution in [2.75, 3.05) is 34.3 Å². The number of rotatable bonds is 7. The summed E-state index contributed by atoms with van der Waals surface area (Å²) in [7, 11) is 5.21. The van der Waals surface area contributed by atoms with Gasteiger partial charge in [0.25, 0.3) is 0 Å². The summed E-state index contributed by atoms with van der Waals surface area (Å²) in [5.41, 5.74) is 2.50. The molecular weight excluding hydrogens is 418 g/mol. The fourth-order valence-corrected chi connectivity index (χ4v) is 4.58. The van der Waals surface area contributed by atoms with E-state index < -0.39 is 5.41 Å². The van der Waals surface area contributed by atoms with Crippen molar-refractivity contribution in [1.29, 1.82) is 0 Å². The quantitative estimate of drug-likeness (QED) is 0.556. The Balaban J connectivity index is 1.53. The number of aromatic nitrogens is 3. The summed E-state index contributed by atoms with van der Waals surface area (Å²) in [4.78, 5) is 33.4. The molecule has 3 aromatic rings. The second kappa shape index (κ2) is 9.44. The van der Waals surface area contributed by atoms with E-state index in [2.05, 4.69) is 34.3 Å². The van der Waals surface area contributed by atoms with Crippen molar-refractivity contribution in [1.82, 2.24) is 24.6 Å². The van der Waals surface area contributed by atoms with E-state index in [0.29, 0.717) is 25.9 Å². The molecule has 1 aliphatic heterocycles. The summed E-state index contributed by atoms with van der Waals surface area (Å²) >= 11 is 0. The predicted octanol–water partition coefficient (Wildman–Crippen LogP) is 2.50. The highest BCUT2D eigenvalue weighted by atomic mass is 16.5. The van der Waals surface area contributed by atoms with Gasteiger partial charge in [0, 0.05) is 32.7 Å². The fourth-order valence-electron chi connectivity index (χ4n) is 4.58. The van der Waals surface area contributed by atoms with Crippen molar-refractivity contribution in [2.45, 2.75) is 19.4 Å². The van der Waals surface area contributed by atoms with Gasteiger partial charge in [0.15, 0.2) is 0 Å². The Hall–Kier alpha value is -3.68. The molecule has 0 saturated carbocycles. The zero-order valence-corrected chi connectivity index (χ0v) is 19.3. The number of amides is 2. The Morgan fingerprint density at radius 3 is 2.55 bits per heavy atom. The zero-order valence-electron chi connectivity index (χ0n) is 19.3. The fraction of sp³-hybridized carbons (Fsp3) is 0.360. The van der Waals surface area contributed by atoms with Crippen LogP contribution in [0, 0.1) is 5.41 Å². The number of hydrogen-bond acceptors (Lipinski definition) is 5. The standard InChI is InChI=1S/C25H29N5O3/c1-28(2)24(32)25(12-13-29(16-25)23(31)15-30-18-26-17-27-30)14-19-8-10-20(11-9-19)21-6-4-5-7-22(21)33-3/h4-11,17-18H,12-16H2,1-3H3/t25-/m0/s1. The molecule has 0 N–H and O–H groups in total. The third-order valence-electron chi connectivity index (χ3n) is 6.24. The van der Waals surface area contributed by atoms with Gasteiger partial charge in [-0.25, -0.2) is 9.67 Å². The Labute approximate surface area is 193 Å². The Morgan fingerprint density at radius 1 is 1.12 bits per heavy atom. The van der Waals surface area contributed by atoms with E-state index in [1.54, 1.807) is 31.0 Å². The molecule has 1 aromatic heterocycles. The van der Waals surface area contributed by atoms with Crippen LogP contribution in [0.4, 0.5) is 0 Å². The van der Waals surface area contributed by atoms with E-state index in [1.165, 1.54) is 17.3 Å². The van der Waals surface area contributed by atoms with Crippen molar-refractivity contribution < 1.29 is 14.3 Å². The molecule has 172 valence electrons. The van der Waals surface area contributed by atoms with Gasteiger partial charge in [0.1, 0.15) is 24.9 Å². The van der Waals surface area contributed by atoms with Crippen LogP contribution in [0.1, 0.15) is 12.0 Å². The molecule has 2 amide bonds. The third kappa shape index (κ3) is 4.74. The first-order valence-corrected chi connectivity index (χ1v) is 11.0. The number of para-hydroxylation sites is 1. The number of nitrogens with zero attached hydrogens (tertiary/aromatic N) is 5. The van der Waals surface area contributed by atoms with E-state index >= 15 is 0 Å². The van der Waals surface area contributed by atoms with Crippen LogP contribution in [0.15, 0.2) is 61.2 Å². The van der Waals surface area contributed by atoms with Gasteiger partial charge in [0.2, 0.25) is 11.8 Å². The summed E-state index contributed by atoms with van der Waals surface area (Å²) in [6.45, 7) is 1.07. The van der Waals surface area contributed by atoms with Gasteiger partial charge in [-0.05, 0) is 30.0 Å². The minimum Gasteiger partial charge on any atom is -0.496 e. The largest absolute Gasteiger partial charge is 0.496 e. The molecule has 33 heavy (non-hydrogen) atoms. The topological polar surface area (TPSA) is 80.6 Å². The minimum absolute atomic E-state index is 0.0485. The molecule has 0 bridgehead atoms. The molecular formula is C25H29N5O3. The van der Waals surface area contributed by atoms with Crippen molar-refractivity contribution in [3.05, 3.63) is 66.7 Å². The van der Waals surface area contributed by atoms with Crippen molar-refractivity contribution in [3.8, 4) is 16.9 Å². The van der Waals surface area contributed by atoms with E-state index in [4.69, 9.17) is 4.74 Å². The molecule has 2 aromatic carbocycles. The summed E-state index contributed by atoms with van der Waals surface area (Å²) in [5.74, 6) is 0.814. The van der Waals surface area contributed by atoms with Crippen LogP contribution in [-0.4, -0.2) is 70.7 Å². The lowest BCUT2D eigenvalue weighted by Gasteiger charge is -2.31. The number of methoxy groups -OCH3 is 1. The van der Waals surface area contributed by atoms with Crippen molar-refractivity contribution in [3.63, 3.8) is 0 Å². The lowest BCUT2D eigenvalue weighted by atomic mass is 9.79. The van der Waals surface area contributed by atoms with Crippen LogP contribution in [0.2, 0.25) is 0 Å². The Morgan fingerprint density at radius 2 is 1.88 bits per heavy atom. The monoisotopic (exact) mass is 447 g/mol. The SMILES string of the molecule is COc1ccccc1-c1ccc(C[C@@]2(C(=O)N(C)C)CCN(C(=O)Cn3cncn3)C2)cc1. The molecule has 0 spiro atoms. The van der Waals surface area contributed by atoms with Crippen molar-refractivity contribution >= 4 is 11.8 Å². The van der Waals surface area contributed by atoms with Crippen LogP contribution in [0.3, 0.4) is 0 Å². The second-order valence-electron chi connectivity index (χ2n) is 8.71. The lowest BCUT2D eigenvalue weighted by molar-refractivity contribution is -0.139. The molecule has 0 radical (unpaired) electrons. The van der Waals surface area contributed by atoms with Crippen LogP contribution in [0.25, 0.3) is 11.1 Å². The normalized spacial score (nSPS) is 17.7. The third-order valence-corrected chi connectivity index (χ3v) is 6.24. The summed E-state index contributed by atoms with van der Waals surface area (Å²) in [5, 5.41) is 4.01. The van der Waals surface area contributed by atoms with E-state index in [0.717, 1.165) is 22.4 Å². The van der Waals surface area contributed by atoms with Crippen LogP contribution in [0.5, 0.6) is 5.75 Å². The van der Waals surface area contributed by atoms with Gasteiger partial charge >= 0.3 is 0 Å². The maximum Gasteiger partial charge on any atom is 0.244 e. The first-order valence-electron chi connectivity index (χ1n) is 11.0. The Bertz CT molecular complexity index is 1110. The summed E-state index contributed by atoms with van der Waals surface area (Å²) < 4.78 is 6.99.